The fraction of sp³-hybridized carbons (Fsp3) is 0. The van der Waals surface area contributed by atoms with Crippen LogP contribution in [0.2, 0.25) is 0 Å². The molecule has 0 rings (SSSR count). The molecule has 1 unspecified atom stereocenters. The molecule has 0 aliphatic heterocycles. The van der Waals surface area contributed by atoms with Crippen LogP contribution in [0.5, 0.6) is 0 Å². The Morgan fingerprint density at radius 3 is 2.43 bits per heavy atom. The van der Waals surface area contributed by atoms with E-state index in [1.54, 1.807) is 18.2 Å². The van der Waals surface area contributed by atoms with Crippen molar-refractivity contribution in [1.82, 2.24) is 0 Å². The molecule has 0 radical (unpaired) electrons. The van der Waals surface area contributed by atoms with Crippen LogP contribution < -0.4 is 0 Å². The lowest BCUT2D eigenvalue weighted by Gasteiger charge is -1.74. The minimum Gasteiger partial charge on any atom is -0.301 e. The summed E-state index contributed by atoms with van der Waals surface area (Å²) in [5.41, 5.74) is 0.472. The van der Waals surface area contributed by atoms with Gasteiger partial charge in [0, 0.05) is 5.45 Å². The maximum Gasteiger partial charge on any atom is 0.0479 e. The van der Waals surface area contributed by atoms with Crippen molar-refractivity contribution in [3.05, 3.63) is 24.8 Å². The van der Waals surface area contributed by atoms with Crippen LogP contribution in [0.25, 0.3) is 0 Å². The molecule has 0 spiro atoms. The maximum atomic E-state index is 6.83. The summed E-state index contributed by atoms with van der Waals surface area (Å²) >= 11 is 0. The van der Waals surface area contributed by atoms with Crippen LogP contribution in [0.3, 0.4) is 0 Å². The number of nitrogens with one attached hydrogen (secondary N) is 1. The van der Waals surface area contributed by atoms with E-state index in [0.29, 0.717) is 5.45 Å². The first-order chi connectivity index (χ1) is 3.27. The number of hydrogen-bond donors (Lipinski definition) is 1. The van der Waals surface area contributed by atoms with Crippen molar-refractivity contribution >= 4 is 14.7 Å². The van der Waals surface area contributed by atoms with Gasteiger partial charge in [-0.15, -0.1) is 0 Å². The molecular weight excluding hydrogens is 105 g/mol. The van der Waals surface area contributed by atoms with Crippen molar-refractivity contribution in [3.63, 3.8) is 0 Å². The summed E-state index contributed by atoms with van der Waals surface area (Å²) < 4.78 is 0. The Morgan fingerprint density at radius 2 is 2.29 bits per heavy atom. The van der Waals surface area contributed by atoms with Crippen molar-refractivity contribution in [3.8, 4) is 0 Å². The Kier molecular flexibility index (Phi) is 3.53. The molecule has 0 fully saturated rings. The number of rotatable bonds is 2. The molecule has 1 atom stereocenters. The highest BCUT2D eigenvalue weighted by atomic mass is 31.0. The molecule has 0 amide bonds. The third kappa shape index (κ3) is 5.58. The van der Waals surface area contributed by atoms with Gasteiger partial charge in [-0.1, -0.05) is 28.0 Å². The summed E-state index contributed by atoms with van der Waals surface area (Å²) in [5, 5.41) is 6.83. The Bertz CT molecular complexity index is 105. The van der Waals surface area contributed by atoms with Gasteiger partial charge in [-0.25, -0.2) is 0 Å². The van der Waals surface area contributed by atoms with Crippen LogP contribution in [0.1, 0.15) is 0 Å². The second-order valence-corrected chi connectivity index (χ2v) is 1.67. The van der Waals surface area contributed by atoms with Crippen molar-refractivity contribution in [1.29, 1.82) is 5.41 Å². The van der Waals surface area contributed by atoms with E-state index in [4.69, 9.17) is 5.41 Å². The van der Waals surface area contributed by atoms with Crippen LogP contribution in [-0.4, -0.2) is 5.45 Å². The largest absolute Gasteiger partial charge is 0.301 e. The van der Waals surface area contributed by atoms with Crippen molar-refractivity contribution < 1.29 is 0 Å². The topological polar surface area (TPSA) is 23.9 Å². The summed E-state index contributed by atoms with van der Waals surface area (Å²) in [5.74, 6) is 0. The maximum absolute atomic E-state index is 6.83. The molecule has 0 aliphatic rings. The standard InChI is InChI=1S/C5H8NP/c1-2-3-4-5(6)7/h2-4,6H,1,7H2/b4-3-,6-5?. The number of hydrogen-bond acceptors (Lipinski definition) is 1. The Morgan fingerprint density at radius 1 is 1.71 bits per heavy atom. The van der Waals surface area contributed by atoms with Gasteiger partial charge in [0.15, 0.2) is 0 Å². The van der Waals surface area contributed by atoms with E-state index < -0.39 is 0 Å². The zero-order valence-corrected chi connectivity index (χ0v) is 5.17. The lowest BCUT2D eigenvalue weighted by atomic mass is 10.5. The van der Waals surface area contributed by atoms with Gasteiger partial charge in [-0.05, 0) is 6.08 Å². The van der Waals surface area contributed by atoms with Crippen LogP contribution >= 0.6 is 9.24 Å². The number of allylic oxidation sites excluding steroid dienone is 3. The van der Waals surface area contributed by atoms with Gasteiger partial charge in [0.2, 0.25) is 0 Å². The highest BCUT2D eigenvalue weighted by Gasteiger charge is 1.68. The van der Waals surface area contributed by atoms with E-state index in [9.17, 15) is 0 Å². The van der Waals surface area contributed by atoms with Crippen LogP contribution in [0.4, 0.5) is 0 Å². The summed E-state index contributed by atoms with van der Waals surface area (Å²) in [4.78, 5) is 0. The lowest BCUT2D eigenvalue weighted by Crippen LogP contribution is -1.67. The van der Waals surface area contributed by atoms with Gasteiger partial charge in [0.25, 0.3) is 0 Å². The van der Waals surface area contributed by atoms with Crippen molar-refractivity contribution in [2.75, 3.05) is 0 Å². The Hall–Kier alpha value is -0.420. The molecule has 0 heterocycles. The van der Waals surface area contributed by atoms with Gasteiger partial charge in [-0.3, -0.25) is 0 Å². The van der Waals surface area contributed by atoms with Crippen LogP contribution in [0, 0.1) is 5.41 Å². The van der Waals surface area contributed by atoms with E-state index in [-0.39, 0.29) is 0 Å². The molecule has 0 aromatic heterocycles. The Balaban J connectivity index is 3.46. The van der Waals surface area contributed by atoms with Crippen LogP contribution in [0.15, 0.2) is 24.8 Å². The van der Waals surface area contributed by atoms with E-state index in [2.05, 4.69) is 15.8 Å². The molecule has 1 N–H and O–H groups in total. The average molecular weight is 113 g/mol. The molecule has 2 heteroatoms. The highest BCUT2D eigenvalue weighted by Crippen LogP contribution is 1.86. The zero-order chi connectivity index (χ0) is 5.70. The zero-order valence-electron chi connectivity index (χ0n) is 4.02. The third-order valence-electron chi connectivity index (χ3n) is 0.412. The van der Waals surface area contributed by atoms with Gasteiger partial charge in [0.05, 0.1) is 0 Å². The molecule has 0 saturated heterocycles. The molecule has 0 saturated carbocycles. The summed E-state index contributed by atoms with van der Waals surface area (Å²) in [6, 6.07) is 0. The SMILES string of the molecule is C=C/C=C\C(=N)P. The predicted octanol–water partition coefficient (Wildman–Crippen LogP) is 1.58. The molecular formula is C5H8NP. The van der Waals surface area contributed by atoms with Gasteiger partial charge in [0.1, 0.15) is 0 Å². The Labute approximate surface area is 45.8 Å². The monoisotopic (exact) mass is 113 g/mol. The van der Waals surface area contributed by atoms with Crippen LogP contribution in [-0.2, 0) is 0 Å². The highest BCUT2D eigenvalue weighted by molar-refractivity contribution is 7.41. The predicted molar refractivity (Wildman–Crippen MR) is 36.8 cm³/mol. The fourth-order valence-electron chi connectivity index (χ4n) is 0.172. The normalized spacial score (nSPS) is 9.29. The quantitative estimate of drug-likeness (QED) is 0.319. The molecule has 0 bridgehead atoms. The summed E-state index contributed by atoms with van der Waals surface area (Å²) in [7, 11) is 2.26. The van der Waals surface area contributed by atoms with Crippen molar-refractivity contribution in [2.24, 2.45) is 0 Å². The van der Waals surface area contributed by atoms with E-state index in [0.717, 1.165) is 0 Å². The summed E-state index contributed by atoms with van der Waals surface area (Å²) in [6.45, 7) is 3.44. The molecule has 7 heavy (non-hydrogen) atoms. The fourth-order valence-corrected chi connectivity index (χ4v) is 0.283. The first-order valence-electron chi connectivity index (χ1n) is 1.90. The first kappa shape index (κ1) is 6.58. The van der Waals surface area contributed by atoms with E-state index >= 15 is 0 Å². The van der Waals surface area contributed by atoms with Crippen molar-refractivity contribution in [2.45, 2.75) is 0 Å². The third-order valence-corrected chi connectivity index (χ3v) is 0.604. The first-order valence-corrected chi connectivity index (χ1v) is 2.48. The lowest BCUT2D eigenvalue weighted by molar-refractivity contribution is 1.57. The van der Waals surface area contributed by atoms with E-state index in [1.165, 1.54) is 0 Å². The second kappa shape index (κ2) is 3.76. The molecule has 38 valence electrons. The van der Waals surface area contributed by atoms with Gasteiger partial charge >= 0.3 is 0 Å². The minimum atomic E-state index is 0.472. The molecule has 0 aromatic carbocycles. The molecule has 1 nitrogen and oxygen atoms in total. The molecule has 0 aliphatic carbocycles. The second-order valence-electron chi connectivity index (χ2n) is 1.05. The molecule has 0 aromatic rings. The summed E-state index contributed by atoms with van der Waals surface area (Å²) in [6.07, 6.45) is 5.01. The van der Waals surface area contributed by atoms with Gasteiger partial charge < -0.3 is 5.41 Å². The average Bonchev–Trinajstić information content (AvgIpc) is 1.61. The minimum absolute atomic E-state index is 0.472. The van der Waals surface area contributed by atoms with Gasteiger partial charge in [-0.2, -0.15) is 0 Å². The smallest absolute Gasteiger partial charge is 0.0479 e. The van der Waals surface area contributed by atoms with E-state index in [1.807, 2.05) is 0 Å².